The maximum atomic E-state index is 12.3. The average Bonchev–Trinajstić information content (AvgIpc) is 2.91. The van der Waals surface area contributed by atoms with Crippen molar-refractivity contribution < 1.29 is 9.53 Å². The summed E-state index contributed by atoms with van der Waals surface area (Å²) >= 11 is 4.43. The van der Waals surface area contributed by atoms with Crippen molar-refractivity contribution in [3.63, 3.8) is 0 Å². The van der Waals surface area contributed by atoms with Crippen LogP contribution in [0.1, 0.15) is 17.2 Å². The van der Waals surface area contributed by atoms with E-state index >= 15 is 0 Å². The lowest BCUT2D eigenvalue weighted by Gasteiger charge is -2.16. The predicted molar refractivity (Wildman–Crippen MR) is 85.7 cm³/mol. The summed E-state index contributed by atoms with van der Waals surface area (Å²) < 4.78 is 5.57. The Labute approximate surface area is 129 Å². The molecule has 0 saturated heterocycles. The van der Waals surface area contributed by atoms with Crippen molar-refractivity contribution in [3.8, 4) is 5.75 Å². The van der Waals surface area contributed by atoms with Crippen molar-refractivity contribution in [3.05, 3.63) is 65.7 Å². The van der Waals surface area contributed by atoms with Crippen LogP contribution in [0.25, 0.3) is 0 Å². The molecule has 1 heterocycles. The predicted octanol–water partition coefficient (Wildman–Crippen LogP) is 2.78. The van der Waals surface area contributed by atoms with Crippen LogP contribution in [0.4, 0.5) is 0 Å². The second-order valence-corrected chi connectivity index (χ2v) is 5.74. The minimum absolute atomic E-state index is 0.0625. The van der Waals surface area contributed by atoms with Gasteiger partial charge in [-0.3, -0.25) is 4.79 Å². The molecular formula is C17H17NO2S. The molecule has 0 radical (unpaired) electrons. The van der Waals surface area contributed by atoms with Gasteiger partial charge in [0.2, 0.25) is 5.91 Å². The van der Waals surface area contributed by atoms with Crippen LogP contribution in [0.5, 0.6) is 5.75 Å². The summed E-state index contributed by atoms with van der Waals surface area (Å²) in [5.41, 5.74) is 2.14. The Kier molecular flexibility index (Phi) is 4.15. The molecule has 4 heteroatoms. The van der Waals surface area contributed by atoms with E-state index in [9.17, 15) is 4.79 Å². The van der Waals surface area contributed by atoms with Gasteiger partial charge in [-0.05, 0) is 18.1 Å². The Hall–Kier alpha value is -1.94. The fourth-order valence-corrected chi connectivity index (χ4v) is 2.77. The third-order valence-electron chi connectivity index (χ3n) is 3.59. The molecule has 0 aromatic heterocycles. The van der Waals surface area contributed by atoms with Crippen LogP contribution in [0.15, 0.2) is 54.6 Å². The van der Waals surface area contributed by atoms with Gasteiger partial charge in [-0.2, -0.15) is 12.6 Å². The van der Waals surface area contributed by atoms with Crippen molar-refractivity contribution in [2.45, 2.75) is 17.7 Å². The normalized spacial score (nSPS) is 17.7. The highest BCUT2D eigenvalue weighted by Crippen LogP contribution is 2.31. The van der Waals surface area contributed by atoms with Crippen molar-refractivity contribution in [1.29, 1.82) is 0 Å². The zero-order valence-electron chi connectivity index (χ0n) is 11.5. The quantitative estimate of drug-likeness (QED) is 0.852. The first-order chi connectivity index (χ1) is 10.2. The Morgan fingerprint density at radius 3 is 2.71 bits per heavy atom. The number of carbonyl (C=O) groups excluding carboxylic acids is 1. The van der Waals surface area contributed by atoms with E-state index in [0.29, 0.717) is 13.0 Å². The summed E-state index contributed by atoms with van der Waals surface area (Å²) in [7, 11) is 0. The SMILES string of the molecule is O=C(NC1COc2ccccc21)C(S)Cc1ccccc1. The number of para-hydroxylation sites is 1. The summed E-state index contributed by atoms with van der Waals surface area (Å²) in [5.74, 6) is 0.786. The van der Waals surface area contributed by atoms with Gasteiger partial charge in [0.05, 0.1) is 11.3 Å². The second-order valence-electron chi connectivity index (χ2n) is 5.12. The van der Waals surface area contributed by atoms with E-state index in [-0.39, 0.29) is 17.2 Å². The molecule has 3 rings (SSSR count). The molecule has 1 aliphatic rings. The van der Waals surface area contributed by atoms with E-state index in [2.05, 4.69) is 17.9 Å². The van der Waals surface area contributed by atoms with Crippen molar-refractivity contribution >= 4 is 18.5 Å². The van der Waals surface area contributed by atoms with Crippen LogP contribution in [-0.2, 0) is 11.2 Å². The molecule has 0 saturated carbocycles. The molecule has 3 nitrogen and oxygen atoms in total. The standard InChI is InChI=1S/C17H17NO2S/c19-17(16(21)10-12-6-2-1-3-7-12)18-14-11-20-15-9-5-4-8-13(14)15/h1-9,14,16,21H,10-11H2,(H,18,19). The van der Waals surface area contributed by atoms with E-state index in [1.54, 1.807) is 0 Å². The average molecular weight is 299 g/mol. The minimum atomic E-state index is -0.361. The summed E-state index contributed by atoms with van der Waals surface area (Å²) in [5, 5.41) is 2.65. The molecule has 2 atom stereocenters. The summed E-state index contributed by atoms with van der Waals surface area (Å²) in [4.78, 5) is 12.3. The maximum Gasteiger partial charge on any atom is 0.233 e. The van der Waals surface area contributed by atoms with Crippen molar-refractivity contribution in [1.82, 2.24) is 5.32 Å². The molecule has 2 aromatic rings. The van der Waals surface area contributed by atoms with Gasteiger partial charge < -0.3 is 10.1 Å². The number of nitrogens with one attached hydrogen (secondary N) is 1. The molecule has 0 bridgehead atoms. The molecule has 2 aromatic carbocycles. The Balaban J connectivity index is 1.62. The largest absolute Gasteiger partial charge is 0.491 e. The first kappa shape index (κ1) is 14.0. The van der Waals surface area contributed by atoms with Crippen LogP contribution in [-0.4, -0.2) is 17.8 Å². The molecule has 1 N–H and O–H groups in total. The molecule has 1 aliphatic heterocycles. The molecule has 0 spiro atoms. The fraction of sp³-hybridized carbons (Fsp3) is 0.235. The minimum Gasteiger partial charge on any atom is -0.491 e. The van der Waals surface area contributed by atoms with Crippen LogP contribution in [0.2, 0.25) is 0 Å². The molecule has 0 aliphatic carbocycles. The highest BCUT2D eigenvalue weighted by atomic mass is 32.1. The molecule has 0 fully saturated rings. The lowest BCUT2D eigenvalue weighted by Crippen LogP contribution is -2.36. The zero-order valence-corrected chi connectivity index (χ0v) is 12.4. The number of ether oxygens (including phenoxy) is 1. The fourth-order valence-electron chi connectivity index (χ4n) is 2.48. The second kappa shape index (κ2) is 6.22. The van der Waals surface area contributed by atoms with E-state index in [0.717, 1.165) is 16.9 Å². The third kappa shape index (κ3) is 3.22. The van der Waals surface area contributed by atoms with Crippen LogP contribution in [0, 0.1) is 0 Å². The van der Waals surface area contributed by atoms with Crippen LogP contribution >= 0.6 is 12.6 Å². The number of benzene rings is 2. The highest BCUT2D eigenvalue weighted by molar-refractivity contribution is 7.81. The lowest BCUT2D eigenvalue weighted by molar-refractivity contribution is -0.121. The molecule has 1 amide bonds. The third-order valence-corrected chi connectivity index (χ3v) is 4.01. The maximum absolute atomic E-state index is 12.3. The molecule has 108 valence electrons. The van der Waals surface area contributed by atoms with E-state index < -0.39 is 0 Å². The smallest absolute Gasteiger partial charge is 0.233 e. The van der Waals surface area contributed by atoms with Gasteiger partial charge >= 0.3 is 0 Å². The zero-order chi connectivity index (χ0) is 14.7. The van der Waals surface area contributed by atoms with Gasteiger partial charge in [0.25, 0.3) is 0 Å². The Morgan fingerprint density at radius 1 is 1.19 bits per heavy atom. The van der Waals surface area contributed by atoms with Crippen LogP contribution < -0.4 is 10.1 Å². The van der Waals surface area contributed by atoms with Gasteiger partial charge in [-0.1, -0.05) is 48.5 Å². The van der Waals surface area contributed by atoms with E-state index in [1.165, 1.54) is 0 Å². The Bertz CT molecular complexity index is 630. The molecular weight excluding hydrogens is 282 g/mol. The van der Waals surface area contributed by atoms with Crippen molar-refractivity contribution in [2.24, 2.45) is 0 Å². The monoisotopic (exact) mass is 299 g/mol. The Morgan fingerprint density at radius 2 is 1.90 bits per heavy atom. The van der Waals surface area contributed by atoms with E-state index in [1.807, 2.05) is 54.6 Å². The van der Waals surface area contributed by atoms with Gasteiger partial charge in [-0.25, -0.2) is 0 Å². The van der Waals surface area contributed by atoms with Crippen LogP contribution in [0.3, 0.4) is 0 Å². The number of hydrogen-bond donors (Lipinski definition) is 2. The topological polar surface area (TPSA) is 38.3 Å². The highest BCUT2D eigenvalue weighted by Gasteiger charge is 2.26. The van der Waals surface area contributed by atoms with E-state index in [4.69, 9.17) is 4.74 Å². The van der Waals surface area contributed by atoms with Gasteiger partial charge in [0.15, 0.2) is 0 Å². The number of hydrogen-bond acceptors (Lipinski definition) is 3. The first-order valence-corrected chi connectivity index (χ1v) is 7.50. The summed E-state index contributed by atoms with van der Waals surface area (Å²) in [6.07, 6.45) is 0.616. The summed E-state index contributed by atoms with van der Waals surface area (Å²) in [6, 6.07) is 17.6. The number of thiol groups is 1. The van der Waals surface area contributed by atoms with Gasteiger partial charge in [0, 0.05) is 5.56 Å². The number of fused-ring (bicyclic) bond motifs is 1. The summed E-state index contributed by atoms with van der Waals surface area (Å²) in [6.45, 7) is 0.483. The van der Waals surface area contributed by atoms with Gasteiger partial charge in [0.1, 0.15) is 12.4 Å². The first-order valence-electron chi connectivity index (χ1n) is 6.98. The molecule has 2 unspecified atom stereocenters. The number of rotatable bonds is 4. The molecule has 21 heavy (non-hydrogen) atoms. The lowest BCUT2D eigenvalue weighted by atomic mass is 10.1. The number of carbonyl (C=O) groups is 1. The number of amides is 1. The van der Waals surface area contributed by atoms with Crippen molar-refractivity contribution in [2.75, 3.05) is 6.61 Å². The van der Waals surface area contributed by atoms with Gasteiger partial charge in [-0.15, -0.1) is 0 Å².